The molecule has 0 atom stereocenters. The molecule has 2 aliphatic rings. The zero-order valence-corrected chi connectivity index (χ0v) is 19.9. The number of carbonyl (C=O) groups excluding carboxylic acids is 2. The summed E-state index contributed by atoms with van der Waals surface area (Å²) in [6.07, 6.45) is 4.03. The number of fused-ring (bicyclic) bond motifs is 1. The molecule has 36 heavy (non-hydrogen) atoms. The van der Waals surface area contributed by atoms with Crippen LogP contribution in [0.3, 0.4) is 0 Å². The number of carbonyl (C=O) groups is 3. The van der Waals surface area contributed by atoms with Crippen LogP contribution in [0.2, 0.25) is 5.02 Å². The van der Waals surface area contributed by atoms with Crippen molar-refractivity contribution in [2.75, 3.05) is 18.9 Å². The van der Waals surface area contributed by atoms with Crippen LogP contribution in [0.5, 0.6) is 0 Å². The van der Waals surface area contributed by atoms with Crippen LogP contribution in [0.1, 0.15) is 45.2 Å². The largest absolute Gasteiger partial charge is 0.477 e. The van der Waals surface area contributed by atoms with Crippen molar-refractivity contribution in [3.8, 4) is 0 Å². The molecule has 5 rings (SSSR count). The minimum atomic E-state index is -1.17. The van der Waals surface area contributed by atoms with Crippen LogP contribution < -0.4 is 5.32 Å². The fraction of sp³-hybridized carbons (Fsp3) is 0.304. The SMILES string of the molecule is CN(C(=O)c1cnn2c1CN(C(=O)Nc1ccc(F)c(Cl)c1)CC2)C1(c2nccc(C(=O)O)n2)CC1. The fourth-order valence-electron chi connectivity index (χ4n) is 4.28. The molecule has 0 spiro atoms. The molecular formula is C23H21ClFN7O4. The van der Waals surface area contributed by atoms with Crippen LogP contribution in [0.15, 0.2) is 36.7 Å². The molecule has 0 radical (unpaired) electrons. The molecule has 13 heteroatoms. The Hall–Kier alpha value is -4.06. The molecule has 0 unspecified atom stereocenters. The lowest BCUT2D eigenvalue weighted by atomic mass is 10.1. The van der Waals surface area contributed by atoms with E-state index in [4.69, 9.17) is 11.6 Å². The normalized spacial score (nSPS) is 15.7. The minimum Gasteiger partial charge on any atom is -0.477 e. The summed E-state index contributed by atoms with van der Waals surface area (Å²) in [7, 11) is 1.63. The van der Waals surface area contributed by atoms with Gasteiger partial charge in [-0.2, -0.15) is 5.10 Å². The molecule has 11 nitrogen and oxygen atoms in total. The number of urea groups is 1. The van der Waals surface area contributed by atoms with Crippen LogP contribution in [-0.4, -0.2) is 66.2 Å². The maximum absolute atomic E-state index is 13.5. The van der Waals surface area contributed by atoms with Crippen molar-refractivity contribution in [2.24, 2.45) is 0 Å². The number of halogens is 2. The Morgan fingerprint density at radius 3 is 2.69 bits per heavy atom. The van der Waals surface area contributed by atoms with Crippen molar-refractivity contribution >= 4 is 35.2 Å². The molecule has 2 aromatic heterocycles. The van der Waals surface area contributed by atoms with Crippen molar-refractivity contribution in [2.45, 2.75) is 31.5 Å². The lowest BCUT2D eigenvalue weighted by Crippen LogP contribution is -2.42. The van der Waals surface area contributed by atoms with E-state index in [1.807, 2.05) is 0 Å². The summed E-state index contributed by atoms with van der Waals surface area (Å²) in [5.41, 5.74) is 0.312. The molecule has 3 aromatic rings. The number of aromatic nitrogens is 4. The highest BCUT2D eigenvalue weighted by atomic mass is 35.5. The molecular weight excluding hydrogens is 493 g/mol. The predicted molar refractivity (Wildman–Crippen MR) is 125 cm³/mol. The first-order chi connectivity index (χ1) is 17.2. The van der Waals surface area contributed by atoms with Gasteiger partial charge in [-0.1, -0.05) is 11.6 Å². The minimum absolute atomic E-state index is 0.104. The summed E-state index contributed by atoms with van der Waals surface area (Å²) >= 11 is 5.80. The first-order valence-corrected chi connectivity index (χ1v) is 11.5. The number of carboxylic acids is 1. The molecule has 2 N–H and O–H groups in total. The van der Waals surface area contributed by atoms with Crippen LogP contribution >= 0.6 is 11.6 Å². The van der Waals surface area contributed by atoms with E-state index in [0.717, 1.165) is 0 Å². The number of anilines is 1. The Labute approximate surface area is 209 Å². The molecule has 1 aromatic carbocycles. The molecule has 1 saturated carbocycles. The second-order valence-corrected chi connectivity index (χ2v) is 9.08. The van der Waals surface area contributed by atoms with E-state index in [0.29, 0.717) is 42.9 Å². The summed E-state index contributed by atoms with van der Waals surface area (Å²) < 4.78 is 15.1. The van der Waals surface area contributed by atoms with Crippen molar-refractivity contribution < 1.29 is 23.9 Å². The highest BCUT2D eigenvalue weighted by Crippen LogP contribution is 2.49. The third-order valence-corrected chi connectivity index (χ3v) is 6.81. The third-order valence-electron chi connectivity index (χ3n) is 6.52. The zero-order chi connectivity index (χ0) is 25.6. The molecule has 1 fully saturated rings. The first kappa shape index (κ1) is 23.7. The van der Waals surface area contributed by atoms with Gasteiger partial charge in [-0.15, -0.1) is 0 Å². The summed E-state index contributed by atoms with van der Waals surface area (Å²) in [5, 5.41) is 16.2. The van der Waals surface area contributed by atoms with Crippen LogP contribution in [0, 0.1) is 5.82 Å². The zero-order valence-electron chi connectivity index (χ0n) is 19.1. The van der Waals surface area contributed by atoms with Gasteiger partial charge < -0.3 is 20.2 Å². The van der Waals surface area contributed by atoms with Gasteiger partial charge >= 0.3 is 12.0 Å². The second-order valence-electron chi connectivity index (χ2n) is 8.68. The Bertz CT molecular complexity index is 1390. The van der Waals surface area contributed by atoms with Crippen LogP contribution in [-0.2, 0) is 18.6 Å². The lowest BCUT2D eigenvalue weighted by molar-refractivity contribution is 0.0685. The van der Waals surface area contributed by atoms with E-state index in [1.165, 1.54) is 46.5 Å². The molecule has 1 aliphatic carbocycles. The van der Waals surface area contributed by atoms with Gasteiger partial charge in [-0.25, -0.2) is 23.9 Å². The second kappa shape index (κ2) is 8.86. The van der Waals surface area contributed by atoms with Gasteiger partial charge in [0.25, 0.3) is 5.91 Å². The number of hydrogen-bond acceptors (Lipinski definition) is 6. The number of nitrogens with one attached hydrogen (secondary N) is 1. The van der Waals surface area contributed by atoms with Gasteiger partial charge in [0, 0.05) is 25.5 Å². The van der Waals surface area contributed by atoms with E-state index in [9.17, 15) is 23.9 Å². The van der Waals surface area contributed by atoms with Gasteiger partial charge in [0.05, 0.1) is 35.6 Å². The maximum atomic E-state index is 13.5. The monoisotopic (exact) mass is 513 g/mol. The van der Waals surface area contributed by atoms with Gasteiger partial charge in [0.15, 0.2) is 11.5 Å². The Morgan fingerprint density at radius 2 is 2.00 bits per heavy atom. The fourth-order valence-corrected chi connectivity index (χ4v) is 4.46. The van der Waals surface area contributed by atoms with Crippen molar-refractivity contribution in [3.05, 3.63) is 70.3 Å². The smallest absolute Gasteiger partial charge is 0.354 e. The quantitative estimate of drug-likeness (QED) is 0.535. The van der Waals surface area contributed by atoms with E-state index >= 15 is 0 Å². The topological polar surface area (TPSA) is 134 Å². The van der Waals surface area contributed by atoms with E-state index in [2.05, 4.69) is 20.4 Å². The molecule has 0 saturated heterocycles. The molecule has 1 aliphatic heterocycles. The first-order valence-electron chi connectivity index (χ1n) is 11.1. The summed E-state index contributed by atoms with van der Waals surface area (Å²) in [6, 6.07) is 4.78. The van der Waals surface area contributed by atoms with Gasteiger partial charge in [-0.05, 0) is 37.1 Å². The lowest BCUT2D eigenvalue weighted by Gasteiger charge is -2.30. The van der Waals surface area contributed by atoms with Gasteiger partial charge in [0.1, 0.15) is 11.4 Å². The van der Waals surface area contributed by atoms with E-state index < -0.39 is 23.4 Å². The predicted octanol–water partition coefficient (Wildman–Crippen LogP) is 2.97. The summed E-state index contributed by atoms with van der Waals surface area (Å²) in [5.74, 6) is -1.81. The standard InChI is InChI=1S/C23H21ClFN7O4/c1-30(23(5-6-23)21-26-7-4-17(29-21)20(34)35)19(33)14-11-27-32-9-8-31(12-18(14)32)22(36)28-13-2-3-16(25)15(24)10-13/h2-4,7,10-11H,5-6,8-9,12H2,1H3,(H,28,36)(H,34,35). The van der Waals surface area contributed by atoms with Crippen LogP contribution in [0.4, 0.5) is 14.9 Å². The molecule has 3 heterocycles. The van der Waals surface area contributed by atoms with E-state index in [-0.39, 0.29) is 29.0 Å². The molecule has 3 amide bonds. The number of carboxylic acid groups (broad SMARTS) is 1. The highest BCUT2D eigenvalue weighted by Gasteiger charge is 2.53. The van der Waals surface area contributed by atoms with Crippen molar-refractivity contribution in [3.63, 3.8) is 0 Å². The Kier molecular flexibility index (Phi) is 5.83. The van der Waals surface area contributed by atoms with Crippen LogP contribution in [0.25, 0.3) is 0 Å². The van der Waals surface area contributed by atoms with Gasteiger partial charge in [0.2, 0.25) is 0 Å². The average molecular weight is 514 g/mol. The Balaban J connectivity index is 1.34. The molecule has 0 bridgehead atoms. The summed E-state index contributed by atoms with van der Waals surface area (Å²) in [4.78, 5) is 49.1. The van der Waals surface area contributed by atoms with Crippen molar-refractivity contribution in [1.82, 2.24) is 29.5 Å². The Morgan fingerprint density at radius 1 is 1.22 bits per heavy atom. The number of aromatic carboxylic acids is 1. The van der Waals surface area contributed by atoms with Gasteiger partial charge in [-0.3, -0.25) is 9.48 Å². The number of hydrogen-bond donors (Lipinski definition) is 2. The average Bonchev–Trinajstić information content (AvgIpc) is 3.58. The number of amides is 3. The number of nitrogens with zero attached hydrogens (tertiary/aromatic N) is 6. The summed E-state index contributed by atoms with van der Waals surface area (Å²) in [6.45, 7) is 0.880. The number of rotatable bonds is 5. The maximum Gasteiger partial charge on any atom is 0.354 e. The number of benzene rings is 1. The molecule has 186 valence electrons. The highest BCUT2D eigenvalue weighted by molar-refractivity contribution is 6.31. The van der Waals surface area contributed by atoms with E-state index in [1.54, 1.807) is 11.7 Å². The third kappa shape index (κ3) is 4.13. The van der Waals surface area contributed by atoms with Crippen molar-refractivity contribution in [1.29, 1.82) is 0 Å².